The number of nitrogens with two attached hydrogens (primary N) is 1. The molecule has 2 amide bonds. The van der Waals surface area contributed by atoms with Crippen LogP contribution >= 0.6 is 0 Å². The predicted molar refractivity (Wildman–Crippen MR) is 146 cm³/mol. The van der Waals surface area contributed by atoms with Crippen molar-refractivity contribution in [3.63, 3.8) is 0 Å². The maximum Gasteiger partial charge on any atom is 0.410 e. The van der Waals surface area contributed by atoms with Crippen molar-refractivity contribution in [3.05, 3.63) is 47.9 Å². The molecule has 39 heavy (non-hydrogen) atoms. The van der Waals surface area contributed by atoms with Crippen molar-refractivity contribution in [2.45, 2.75) is 33.3 Å². The fourth-order valence-corrected chi connectivity index (χ4v) is 4.12. The molecule has 1 aliphatic rings. The van der Waals surface area contributed by atoms with E-state index in [1.807, 2.05) is 33.8 Å². The van der Waals surface area contributed by atoms with Crippen molar-refractivity contribution in [2.75, 3.05) is 57.0 Å². The van der Waals surface area contributed by atoms with Gasteiger partial charge in [-0.05, 0) is 51.5 Å². The van der Waals surface area contributed by atoms with Gasteiger partial charge in [0.15, 0.2) is 5.76 Å². The first-order valence-corrected chi connectivity index (χ1v) is 12.8. The molecule has 3 aromatic heterocycles. The van der Waals surface area contributed by atoms with Gasteiger partial charge in [-0.3, -0.25) is 14.6 Å². The maximum atomic E-state index is 13.6. The summed E-state index contributed by atoms with van der Waals surface area (Å²) in [7, 11) is 1.62. The number of pyridine rings is 1. The van der Waals surface area contributed by atoms with Gasteiger partial charge < -0.3 is 24.5 Å². The van der Waals surface area contributed by atoms with Crippen LogP contribution in [0.2, 0.25) is 0 Å². The van der Waals surface area contributed by atoms with E-state index in [0.29, 0.717) is 44.3 Å². The van der Waals surface area contributed by atoms with Crippen LogP contribution in [0, 0.1) is 6.92 Å². The van der Waals surface area contributed by atoms with Crippen LogP contribution < -0.4 is 15.4 Å². The molecule has 3 aromatic rings. The third-order valence-corrected chi connectivity index (χ3v) is 6.13. The molecule has 2 N–H and O–H groups in total. The summed E-state index contributed by atoms with van der Waals surface area (Å²) in [6.45, 7) is 10.7. The Morgan fingerprint density at radius 1 is 1.13 bits per heavy atom. The highest BCUT2D eigenvalue weighted by Crippen LogP contribution is 2.29. The van der Waals surface area contributed by atoms with Crippen molar-refractivity contribution < 1.29 is 23.5 Å². The van der Waals surface area contributed by atoms with E-state index in [4.69, 9.17) is 19.6 Å². The van der Waals surface area contributed by atoms with Crippen molar-refractivity contribution in [1.29, 1.82) is 0 Å². The first kappa shape index (κ1) is 27.8. The summed E-state index contributed by atoms with van der Waals surface area (Å²) in [4.78, 5) is 44.3. The minimum absolute atomic E-state index is 0.0252. The Kier molecular flexibility index (Phi) is 8.34. The van der Waals surface area contributed by atoms with Crippen molar-refractivity contribution in [1.82, 2.24) is 24.8 Å². The highest BCUT2D eigenvalue weighted by molar-refractivity contribution is 6.10. The average molecular weight is 538 g/mol. The molecule has 1 fully saturated rings. The van der Waals surface area contributed by atoms with Gasteiger partial charge >= 0.3 is 6.09 Å². The molecule has 0 radical (unpaired) electrons. The molecule has 12 heteroatoms. The molecule has 1 aliphatic heterocycles. The summed E-state index contributed by atoms with van der Waals surface area (Å²) < 4.78 is 16.9. The highest BCUT2D eigenvalue weighted by Gasteiger charge is 2.28. The van der Waals surface area contributed by atoms with E-state index >= 15 is 0 Å². The van der Waals surface area contributed by atoms with Gasteiger partial charge in [0.05, 0.1) is 6.26 Å². The van der Waals surface area contributed by atoms with Crippen LogP contribution in [0.3, 0.4) is 0 Å². The fourth-order valence-electron chi connectivity index (χ4n) is 4.12. The number of ether oxygens (including phenoxy) is 2. The molecular formula is C27H35N7O5. The lowest BCUT2D eigenvalue weighted by atomic mass is 10.2. The quantitative estimate of drug-likeness (QED) is 0.478. The van der Waals surface area contributed by atoms with Gasteiger partial charge in [-0.15, -0.1) is 0 Å². The van der Waals surface area contributed by atoms with Crippen molar-refractivity contribution >= 4 is 23.6 Å². The first-order valence-electron chi connectivity index (χ1n) is 12.8. The highest BCUT2D eigenvalue weighted by atomic mass is 16.6. The van der Waals surface area contributed by atoms with E-state index in [1.165, 1.54) is 11.2 Å². The largest absolute Gasteiger partial charge is 0.476 e. The van der Waals surface area contributed by atoms with Crippen LogP contribution in [-0.4, -0.2) is 88.7 Å². The van der Waals surface area contributed by atoms with Crippen LogP contribution in [0.25, 0.3) is 11.6 Å². The maximum absolute atomic E-state index is 13.6. The SMILES string of the molecule is Cc1cccnc1N(C)C(=O)c1c(N)nc(-c2ccco2)nc1OCCN1CCN(C(=O)OC(C)(C)C)CC1. The Hall–Kier alpha value is -4.19. The number of amides is 2. The number of anilines is 2. The number of carbonyl (C=O) groups excluding carboxylic acids is 2. The number of hydrogen-bond acceptors (Lipinski definition) is 10. The van der Waals surface area contributed by atoms with Gasteiger partial charge in [0, 0.05) is 46.0 Å². The Morgan fingerprint density at radius 3 is 2.51 bits per heavy atom. The van der Waals surface area contributed by atoms with Gasteiger partial charge in [0.2, 0.25) is 11.7 Å². The van der Waals surface area contributed by atoms with Crippen LogP contribution in [0.15, 0.2) is 41.1 Å². The second kappa shape index (κ2) is 11.7. The summed E-state index contributed by atoms with van der Waals surface area (Å²) in [5.74, 6) is 0.700. The van der Waals surface area contributed by atoms with E-state index < -0.39 is 11.5 Å². The molecule has 1 saturated heterocycles. The summed E-state index contributed by atoms with van der Waals surface area (Å²) in [5.41, 5.74) is 6.63. The van der Waals surface area contributed by atoms with Gasteiger partial charge in [0.25, 0.3) is 5.91 Å². The Labute approximate surface area is 227 Å². The predicted octanol–water partition coefficient (Wildman–Crippen LogP) is 3.23. The van der Waals surface area contributed by atoms with E-state index in [-0.39, 0.29) is 35.8 Å². The summed E-state index contributed by atoms with van der Waals surface area (Å²) in [6.07, 6.45) is 2.81. The zero-order valence-corrected chi connectivity index (χ0v) is 23.0. The molecule has 0 atom stereocenters. The molecule has 12 nitrogen and oxygen atoms in total. The molecule has 208 valence electrons. The zero-order chi connectivity index (χ0) is 28.2. The number of nitrogen functional groups attached to an aromatic ring is 1. The zero-order valence-electron chi connectivity index (χ0n) is 23.0. The third-order valence-electron chi connectivity index (χ3n) is 6.13. The van der Waals surface area contributed by atoms with Crippen LogP contribution in [-0.2, 0) is 4.74 Å². The molecule has 0 spiro atoms. The Morgan fingerprint density at radius 2 is 1.87 bits per heavy atom. The third kappa shape index (κ3) is 6.82. The van der Waals surface area contributed by atoms with Gasteiger partial charge in [0.1, 0.15) is 29.4 Å². The molecule has 0 aromatic carbocycles. The van der Waals surface area contributed by atoms with Crippen LogP contribution in [0.5, 0.6) is 5.88 Å². The normalized spacial score (nSPS) is 14.2. The summed E-state index contributed by atoms with van der Waals surface area (Å²) in [5, 5.41) is 0. The number of rotatable bonds is 7. The molecular weight excluding hydrogens is 502 g/mol. The molecule has 0 bridgehead atoms. The van der Waals surface area contributed by atoms with Gasteiger partial charge in [-0.2, -0.15) is 4.98 Å². The summed E-state index contributed by atoms with van der Waals surface area (Å²) in [6, 6.07) is 7.08. The minimum atomic E-state index is -0.533. The molecule has 4 heterocycles. The first-order chi connectivity index (χ1) is 18.5. The second-order valence-corrected chi connectivity index (χ2v) is 10.3. The number of hydrogen-bond donors (Lipinski definition) is 1. The number of piperazine rings is 1. The molecule has 0 saturated carbocycles. The van der Waals surface area contributed by atoms with E-state index in [9.17, 15) is 9.59 Å². The second-order valence-electron chi connectivity index (χ2n) is 10.3. The van der Waals surface area contributed by atoms with Crippen LogP contribution in [0.1, 0.15) is 36.7 Å². The lowest BCUT2D eigenvalue weighted by molar-refractivity contribution is 0.0136. The van der Waals surface area contributed by atoms with Gasteiger partial charge in [-0.1, -0.05) is 6.07 Å². The average Bonchev–Trinajstić information content (AvgIpc) is 3.43. The number of carbonyl (C=O) groups is 2. The Balaban J connectivity index is 1.47. The van der Waals surface area contributed by atoms with E-state index in [0.717, 1.165) is 5.56 Å². The standard InChI is InChI=1S/C27H35N7O5/c1-18-8-6-10-29-23(18)32(5)25(35)20-21(28)30-22(19-9-7-16-37-19)31-24(20)38-17-15-33-11-13-34(14-12-33)26(36)39-27(2,3)4/h6-10,16H,11-15,17H2,1-5H3,(H2,28,30,31). The number of aromatic nitrogens is 3. The monoisotopic (exact) mass is 537 g/mol. The lowest BCUT2D eigenvalue weighted by Gasteiger charge is -2.35. The van der Waals surface area contributed by atoms with Crippen LogP contribution in [0.4, 0.5) is 16.4 Å². The number of furan rings is 1. The summed E-state index contributed by atoms with van der Waals surface area (Å²) >= 11 is 0. The number of nitrogens with zero attached hydrogens (tertiary/aromatic N) is 6. The van der Waals surface area contributed by atoms with Crippen molar-refractivity contribution in [3.8, 4) is 17.5 Å². The van der Waals surface area contributed by atoms with E-state index in [2.05, 4.69) is 19.9 Å². The fraction of sp³-hybridized carbons (Fsp3) is 0.444. The lowest BCUT2D eigenvalue weighted by Crippen LogP contribution is -2.50. The molecule has 0 unspecified atom stereocenters. The molecule has 4 rings (SSSR count). The van der Waals surface area contributed by atoms with Crippen molar-refractivity contribution in [2.24, 2.45) is 0 Å². The molecule has 0 aliphatic carbocycles. The van der Waals surface area contributed by atoms with E-state index in [1.54, 1.807) is 36.3 Å². The van der Waals surface area contributed by atoms with Gasteiger partial charge in [-0.25, -0.2) is 14.8 Å². The topological polar surface area (TPSA) is 140 Å². The smallest absolute Gasteiger partial charge is 0.410 e. The Bertz CT molecular complexity index is 1300. The number of aryl methyl sites for hydroxylation is 1. The minimum Gasteiger partial charge on any atom is -0.476 e.